The number of aromatic nitrogens is 4. The Bertz CT molecular complexity index is 3210. The van der Waals surface area contributed by atoms with E-state index in [0.717, 1.165) is 53.7 Å². The first-order chi connectivity index (χ1) is 37.4. The first-order valence-electron chi connectivity index (χ1n) is 24.3. The Morgan fingerprint density at radius 3 is 1.15 bits per heavy atom. The van der Waals surface area contributed by atoms with Crippen molar-refractivity contribution in [1.82, 2.24) is 19.9 Å². The molecule has 15 heteroatoms. The SMILES string of the molecule is CO.CO.Cc1cc[c-]c(-c2cc(C)c(-c3cccc(C)c3)cn2)c1.Cc1cccc(-c2cc(C)c(-c3cccc(C)c3)cn2)c1.O=S(=O)([O-])C(F)(F)F.[Ir].[Ir].[c-]1ccccc1-c1ccccn1.[c-]1ccccc1-c1ccccn1. The number of rotatable bonds is 6. The topological polar surface area (TPSA) is 149 Å². The quantitative estimate of drug-likeness (QED) is 0.0942. The summed E-state index contributed by atoms with van der Waals surface area (Å²) in [6, 6.07) is 72.9. The Morgan fingerprint density at radius 1 is 0.412 bits per heavy atom. The number of nitrogens with zero attached hydrogens (tertiary/aromatic N) is 4. The van der Waals surface area contributed by atoms with Crippen molar-refractivity contribution in [3.63, 3.8) is 0 Å². The van der Waals surface area contributed by atoms with Crippen LogP contribution in [0.15, 0.2) is 213 Å². The van der Waals surface area contributed by atoms with Crippen molar-refractivity contribution in [2.75, 3.05) is 14.2 Å². The molecule has 2 radical (unpaired) electrons. The van der Waals surface area contributed by atoms with E-state index in [0.29, 0.717) is 0 Å². The third kappa shape index (κ3) is 22.5. The molecule has 9 nitrogen and oxygen atoms in total. The molecule has 0 unspecified atom stereocenters. The summed E-state index contributed by atoms with van der Waals surface area (Å²) < 4.78 is 58.9. The normalized spacial score (nSPS) is 10.0. The third-order valence-electron chi connectivity index (χ3n) is 11.0. The van der Waals surface area contributed by atoms with Crippen molar-refractivity contribution in [3.8, 4) is 67.3 Å². The first-order valence-corrected chi connectivity index (χ1v) is 25.7. The minimum absolute atomic E-state index is 0. The molecule has 0 aliphatic carbocycles. The number of aliphatic hydroxyl groups is 2. The fourth-order valence-electron chi connectivity index (χ4n) is 7.33. The van der Waals surface area contributed by atoms with Crippen LogP contribution < -0.4 is 0 Å². The fraction of sp³-hybridized carbons (Fsp3) is 0.138. The van der Waals surface area contributed by atoms with E-state index in [2.05, 4.69) is 177 Å². The Morgan fingerprint density at radius 2 is 0.787 bits per heavy atom. The van der Waals surface area contributed by atoms with E-state index >= 15 is 0 Å². The maximum Gasteiger partial charge on any atom is 0.485 e. The van der Waals surface area contributed by atoms with Crippen molar-refractivity contribution in [1.29, 1.82) is 0 Å². The Kier molecular flexibility index (Phi) is 30.6. The Labute approximate surface area is 496 Å². The number of halogens is 3. The van der Waals surface area contributed by atoms with Crippen LogP contribution in [-0.2, 0) is 50.3 Å². The van der Waals surface area contributed by atoms with E-state index in [1.54, 1.807) is 12.4 Å². The predicted octanol–water partition coefficient (Wildman–Crippen LogP) is 14.8. The van der Waals surface area contributed by atoms with E-state index in [4.69, 9.17) is 23.2 Å². The van der Waals surface area contributed by atoms with Gasteiger partial charge in [0.1, 0.15) is 0 Å². The van der Waals surface area contributed by atoms with Crippen molar-refractivity contribution in [2.45, 2.75) is 47.1 Å². The van der Waals surface area contributed by atoms with E-state index in [1.165, 1.54) is 61.2 Å². The van der Waals surface area contributed by atoms with Gasteiger partial charge in [-0.05, 0) is 98.2 Å². The standard InChI is InChI=1S/C20H19N.C20H18N.2C11H8N.CHF3O3S.2CH4O.2Ir/c2*1-14-6-4-8-17(10-14)19-13-21-20(12-16(19)3)18-9-5-7-15(2)11-18;2*1-2-6-10(7-3-1)11-8-4-5-9-12-11;2-1(3,4)8(5,6)7;2*1-2;;/h4-13H,1-3H3;4-8,10-13H,1-3H3;2*1-6,8-9H;(H,5,6,7);2*2H,1H3;;/q;3*-1;;;;;/p-1. The zero-order valence-corrected chi connectivity index (χ0v) is 50.9. The van der Waals surface area contributed by atoms with Crippen molar-refractivity contribution in [3.05, 3.63) is 264 Å². The van der Waals surface area contributed by atoms with E-state index in [9.17, 15) is 13.2 Å². The molecule has 6 aromatic carbocycles. The minimum atomic E-state index is -6.09. The molecule has 420 valence electrons. The minimum Gasteiger partial charge on any atom is -0.741 e. The van der Waals surface area contributed by atoms with Gasteiger partial charge in [0.05, 0.1) is 5.69 Å². The first kappa shape index (κ1) is 68.9. The molecular formula is C65H61F3Ir2N4O5S-4. The van der Waals surface area contributed by atoms with Crippen molar-refractivity contribution < 1.29 is 76.6 Å². The third-order valence-corrected chi connectivity index (χ3v) is 11.6. The van der Waals surface area contributed by atoms with Crippen LogP contribution in [0.4, 0.5) is 13.2 Å². The van der Waals surface area contributed by atoms with Gasteiger partial charge < -0.3 is 29.7 Å². The number of benzene rings is 6. The molecule has 80 heavy (non-hydrogen) atoms. The van der Waals surface area contributed by atoms with Crippen LogP contribution in [0, 0.1) is 59.7 Å². The summed E-state index contributed by atoms with van der Waals surface area (Å²) in [6.07, 6.45) is 7.53. The van der Waals surface area contributed by atoms with E-state index < -0.39 is 15.6 Å². The van der Waals surface area contributed by atoms with Crippen LogP contribution in [0.3, 0.4) is 0 Å². The van der Waals surface area contributed by atoms with Crippen LogP contribution in [0.1, 0.15) is 33.4 Å². The number of aryl methyl sites for hydroxylation is 6. The second-order valence-electron chi connectivity index (χ2n) is 17.0. The molecule has 4 aromatic heterocycles. The van der Waals surface area contributed by atoms with Gasteiger partial charge >= 0.3 is 5.51 Å². The summed E-state index contributed by atoms with van der Waals surface area (Å²) in [5, 5.41) is 14.0. The maximum atomic E-state index is 10.7. The van der Waals surface area contributed by atoms with Gasteiger partial charge in [-0.15, -0.1) is 107 Å². The van der Waals surface area contributed by atoms with Crippen LogP contribution >= 0.6 is 0 Å². The molecule has 0 aliphatic rings. The van der Waals surface area contributed by atoms with Gasteiger partial charge in [0.15, 0.2) is 10.1 Å². The molecule has 0 aliphatic heterocycles. The Balaban J connectivity index is 0.000000347. The van der Waals surface area contributed by atoms with Crippen LogP contribution in [-0.4, -0.2) is 62.8 Å². The number of hydrogen-bond donors (Lipinski definition) is 2. The van der Waals surface area contributed by atoms with Gasteiger partial charge in [-0.2, -0.15) is 13.2 Å². The predicted molar refractivity (Wildman–Crippen MR) is 307 cm³/mol. The molecule has 0 spiro atoms. The molecule has 2 N–H and O–H groups in total. The zero-order valence-electron chi connectivity index (χ0n) is 45.3. The van der Waals surface area contributed by atoms with Gasteiger partial charge in [-0.1, -0.05) is 121 Å². The molecule has 0 amide bonds. The van der Waals surface area contributed by atoms with Crippen molar-refractivity contribution >= 4 is 10.1 Å². The average Bonchev–Trinajstić information content (AvgIpc) is 3.45. The summed E-state index contributed by atoms with van der Waals surface area (Å²) >= 11 is 0. The van der Waals surface area contributed by atoms with Crippen LogP contribution in [0.2, 0.25) is 0 Å². The zero-order chi connectivity index (χ0) is 57.1. The fourth-order valence-corrected chi connectivity index (χ4v) is 7.33. The Hall–Kier alpha value is -7.16. The summed E-state index contributed by atoms with van der Waals surface area (Å²) in [4.78, 5) is 17.7. The molecule has 10 rings (SSSR count). The maximum absolute atomic E-state index is 10.7. The average molecular weight is 1450 g/mol. The molecule has 0 atom stereocenters. The van der Waals surface area contributed by atoms with Gasteiger partial charge in [-0.25, -0.2) is 8.42 Å². The van der Waals surface area contributed by atoms with Crippen LogP contribution in [0.25, 0.3) is 67.3 Å². The summed E-state index contributed by atoms with van der Waals surface area (Å²) in [7, 11) is -4.09. The largest absolute Gasteiger partial charge is 0.741 e. The second-order valence-corrected chi connectivity index (χ2v) is 18.4. The molecule has 0 saturated carbocycles. The number of aliphatic hydroxyl groups excluding tert-OH is 2. The van der Waals surface area contributed by atoms with E-state index in [-0.39, 0.29) is 40.2 Å². The number of pyridine rings is 4. The van der Waals surface area contributed by atoms with Gasteiger partial charge in [0, 0.05) is 95.9 Å². The molecule has 0 bridgehead atoms. The molecule has 4 heterocycles. The number of alkyl halides is 3. The summed E-state index contributed by atoms with van der Waals surface area (Å²) in [5.41, 5.74) is 15.0. The van der Waals surface area contributed by atoms with Gasteiger partial charge in [0.2, 0.25) is 0 Å². The second kappa shape index (κ2) is 35.5. The van der Waals surface area contributed by atoms with Gasteiger partial charge in [0.25, 0.3) is 0 Å². The van der Waals surface area contributed by atoms with Gasteiger partial charge in [-0.3, -0.25) is 4.98 Å². The summed E-state index contributed by atoms with van der Waals surface area (Å²) in [6.45, 7) is 12.7. The summed E-state index contributed by atoms with van der Waals surface area (Å²) in [5.74, 6) is 0. The smallest absolute Gasteiger partial charge is 0.485 e. The van der Waals surface area contributed by atoms with Crippen LogP contribution in [0.5, 0.6) is 0 Å². The molecule has 0 saturated heterocycles. The monoisotopic (exact) mass is 1450 g/mol. The van der Waals surface area contributed by atoms with Crippen molar-refractivity contribution in [2.24, 2.45) is 0 Å². The van der Waals surface area contributed by atoms with E-state index in [1.807, 2.05) is 103 Å². The molecule has 0 fully saturated rings. The number of hydrogen-bond acceptors (Lipinski definition) is 9. The molecular weight excluding hydrogens is 1390 g/mol. The molecule has 10 aromatic rings.